The molecule has 0 aliphatic carbocycles. The molecule has 5 heteroatoms. The van der Waals surface area contributed by atoms with E-state index in [0.29, 0.717) is 18.8 Å². The highest BCUT2D eigenvalue weighted by molar-refractivity contribution is 5.30. The van der Waals surface area contributed by atoms with Gasteiger partial charge in [0.2, 0.25) is 0 Å². The number of nitrogens with zero attached hydrogens (tertiary/aromatic N) is 2. The quantitative estimate of drug-likeness (QED) is 0.824. The molecular weight excluding hydrogens is 244 g/mol. The van der Waals surface area contributed by atoms with Gasteiger partial charge in [0, 0.05) is 25.5 Å². The summed E-state index contributed by atoms with van der Waals surface area (Å²) < 4.78 is 6.94. The van der Waals surface area contributed by atoms with Crippen LogP contribution in [0.15, 0.2) is 36.7 Å². The smallest absolute Gasteiger partial charge is 0.142 e. The summed E-state index contributed by atoms with van der Waals surface area (Å²) >= 11 is 0. The molecule has 0 fully saturated rings. The molecule has 2 aromatic rings. The predicted molar refractivity (Wildman–Crippen MR) is 71.0 cm³/mol. The summed E-state index contributed by atoms with van der Waals surface area (Å²) in [6, 6.07) is 7.24. The molecule has 1 aromatic carbocycles. The van der Waals surface area contributed by atoms with E-state index in [-0.39, 0.29) is 6.61 Å². The zero-order valence-electron chi connectivity index (χ0n) is 10.9. The Balaban J connectivity index is 2.18. The van der Waals surface area contributed by atoms with Crippen molar-refractivity contribution in [3.63, 3.8) is 0 Å². The fourth-order valence-corrected chi connectivity index (χ4v) is 1.93. The van der Waals surface area contributed by atoms with Gasteiger partial charge in [-0.2, -0.15) is 0 Å². The van der Waals surface area contributed by atoms with E-state index in [2.05, 4.69) is 4.98 Å². The summed E-state index contributed by atoms with van der Waals surface area (Å²) in [7, 11) is 1.60. The van der Waals surface area contributed by atoms with Gasteiger partial charge in [0.25, 0.3) is 0 Å². The summed E-state index contributed by atoms with van der Waals surface area (Å²) in [5, 5.41) is 19.2. The molecule has 0 aliphatic rings. The van der Waals surface area contributed by atoms with Crippen LogP contribution in [0.4, 0.5) is 0 Å². The molecule has 0 aliphatic heterocycles. The largest absolute Gasteiger partial charge is 0.497 e. The van der Waals surface area contributed by atoms with Gasteiger partial charge in [0.1, 0.15) is 17.7 Å². The van der Waals surface area contributed by atoms with Crippen LogP contribution in [0.1, 0.15) is 23.9 Å². The molecule has 5 nitrogen and oxygen atoms in total. The molecule has 1 heterocycles. The van der Waals surface area contributed by atoms with Crippen LogP contribution in [0.25, 0.3) is 0 Å². The van der Waals surface area contributed by atoms with Crippen LogP contribution in [-0.2, 0) is 6.54 Å². The van der Waals surface area contributed by atoms with Crippen LogP contribution in [0.5, 0.6) is 5.75 Å². The van der Waals surface area contributed by atoms with E-state index in [9.17, 15) is 5.11 Å². The van der Waals surface area contributed by atoms with Crippen molar-refractivity contribution in [1.82, 2.24) is 9.55 Å². The number of aryl methyl sites for hydroxylation is 1. The van der Waals surface area contributed by atoms with Gasteiger partial charge in [0.15, 0.2) is 0 Å². The van der Waals surface area contributed by atoms with Gasteiger partial charge < -0.3 is 19.5 Å². The predicted octanol–water partition coefficient (Wildman–Crippen LogP) is 1.36. The number of aromatic nitrogens is 2. The standard InChI is InChI=1S/C14H18N2O3/c1-19-12-5-3-11(4-6-12)13(18)14-15-7-9-16(14)8-2-10-17/h3-7,9,13,17-18H,2,8,10H2,1H3. The Bertz CT molecular complexity index is 508. The van der Waals surface area contributed by atoms with E-state index < -0.39 is 6.10 Å². The van der Waals surface area contributed by atoms with Gasteiger partial charge in [0.05, 0.1) is 7.11 Å². The van der Waals surface area contributed by atoms with Crippen molar-refractivity contribution in [3.8, 4) is 5.75 Å². The van der Waals surface area contributed by atoms with Crippen LogP contribution in [-0.4, -0.2) is 33.5 Å². The lowest BCUT2D eigenvalue weighted by molar-refractivity contribution is 0.202. The molecule has 0 saturated carbocycles. The second-order valence-electron chi connectivity index (χ2n) is 4.23. The molecule has 2 N–H and O–H groups in total. The van der Waals surface area contributed by atoms with Gasteiger partial charge in [-0.3, -0.25) is 0 Å². The van der Waals surface area contributed by atoms with Gasteiger partial charge in [-0.1, -0.05) is 12.1 Å². The summed E-state index contributed by atoms with van der Waals surface area (Å²) in [6.45, 7) is 0.759. The molecule has 0 bridgehead atoms. The Hall–Kier alpha value is -1.85. The SMILES string of the molecule is COc1ccc(C(O)c2nccn2CCCO)cc1. The maximum atomic E-state index is 10.3. The van der Waals surface area contributed by atoms with E-state index in [1.54, 1.807) is 31.6 Å². The molecule has 0 amide bonds. The molecule has 2 rings (SSSR count). The molecule has 0 saturated heterocycles. The molecule has 1 unspecified atom stereocenters. The number of hydrogen-bond acceptors (Lipinski definition) is 4. The number of benzene rings is 1. The Kier molecular flexibility index (Phi) is 4.54. The molecular formula is C14H18N2O3. The molecule has 0 radical (unpaired) electrons. The second-order valence-corrected chi connectivity index (χ2v) is 4.23. The average Bonchev–Trinajstić information content (AvgIpc) is 2.92. The number of aliphatic hydroxyl groups is 2. The van der Waals surface area contributed by atoms with Crippen LogP contribution in [0.2, 0.25) is 0 Å². The minimum Gasteiger partial charge on any atom is -0.497 e. The minimum atomic E-state index is -0.778. The van der Waals surface area contributed by atoms with Crippen molar-refractivity contribution < 1.29 is 14.9 Å². The Morgan fingerprint density at radius 1 is 1.32 bits per heavy atom. The van der Waals surface area contributed by atoms with E-state index in [0.717, 1.165) is 11.3 Å². The highest BCUT2D eigenvalue weighted by Gasteiger charge is 2.15. The Morgan fingerprint density at radius 2 is 2.05 bits per heavy atom. The fraction of sp³-hybridized carbons (Fsp3) is 0.357. The van der Waals surface area contributed by atoms with Crippen molar-refractivity contribution in [2.24, 2.45) is 0 Å². The first kappa shape index (κ1) is 13.6. The molecule has 19 heavy (non-hydrogen) atoms. The summed E-state index contributed by atoms with van der Waals surface area (Å²) in [6.07, 6.45) is 3.31. The highest BCUT2D eigenvalue weighted by Crippen LogP contribution is 2.22. The zero-order chi connectivity index (χ0) is 13.7. The van der Waals surface area contributed by atoms with Gasteiger partial charge in [-0.05, 0) is 24.1 Å². The van der Waals surface area contributed by atoms with Crippen molar-refractivity contribution in [2.75, 3.05) is 13.7 Å². The van der Waals surface area contributed by atoms with Crippen molar-refractivity contribution >= 4 is 0 Å². The number of imidazole rings is 1. The lowest BCUT2D eigenvalue weighted by Gasteiger charge is -2.13. The van der Waals surface area contributed by atoms with Crippen LogP contribution in [0.3, 0.4) is 0 Å². The number of methoxy groups -OCH3 is 1. The van der Waals surface area contributed by atoms with Gasteiger partial charge >= 0.3 is 0 Å². The minimum absolute atomic E-state index is 0.121. The maximum Gasteiger partial charge on any atom is 0.142 e. The average molecular weight is 262 g/mol. The highest BCUT2D eigenvalue weighted by atomic mass is 16.5. The third kappa shape index (κ3) is 3.13. The molecule has 1 aromatic heterocycles. The molecule has 1 atom stereocenters. The first-order valence-electron chi connectivity index (χ1n) is 6.20. The topological polar surface area (TPSA) is 67.5 Å². The summed E-state index contributed by atoms with van der Waals surface area (Å²) in [5.41, 5.74) is 0.761. The first-order chi connectivity index (χ1) is 9.26. The number of rotatable bonds is 6. The monoisotopic (exact) mass is 262 g/mol. The number of hydrogen-bond donors (Lipinski definition) is 2. The van der Waals surface area contributed by atoms with Crippen LogP contribution in [0, 0.1) is 0 Å². The summed E-state index contributed by atoms with van der Waals surface area (Å²) in [5.74, 6) is 1.33. The molecule has 0 spiro atoms. The lowest BCUT2D eigenvalue weighted by Crippen LogP contribution is -2.10. The Labute approximate surface area is 112 Å². The lowest BCUT2D eigenvalue weighted by atomic mass is 10.1. The number of ether oxygens (including phenoxy) is 1. The van der Waals surface area contributed by atoms with Crippen molar-refractivity contribution in [1.29, 1.82) is 0 Å². The van der Waals surface area contributed by atoms with Gasteiger partial charge in [-0.15, -0.1) is 0 Å². The Morgan fingerprint density at radius 3 is 2.68 bits per heavy atom. The third-order valence-corrected chi connectivity index (χ3v) is 2.98. The summed E-state index contributed by atoms with van der Waals surface area (Å²) in [4.78, 5) is 4.19. The third-order valence-electron chi connectivity index (χ3n) is 2.98. The van der Waals surface area contributed by atoms with Crippen molar-refractivity contribution in [2.45, 2.75) is 19.1 Å². The maximum absolute atomic E-state index is 10.3. The molecule has 102 valence electrons. The van der Waals surface area contributed by atoms with Crippen LogP contribution >= 0.6 is 0 Å². The van der Waals surface area contributed by atoms with Crippen LogP contribution < -0.4 is 4.74 Å². The van der Waals surface area contributed by atoms with E-state index in [4.69, 9.17) is 9.84 Å². The second kappa shape index (κ2) is 6.36. The van der Waals surface area contributed by atoms with E-state index in [1.165, 1.54) is 0 Å². The zero-order valence-corrected chi connectivity index (χ0v) is 10.9. The first-order valence-corrected chi connectivity index (χ1v) is 6.20. The normalized spacial score (nSPS) is 12.4. The van der Waals surface area contributed by atoms with Gasteiger partial charge in [-0.25, -0.2) is 4.98 Å². The number of aliphatic hydroxyl groups excluding tert-OH is 2. The van der Waals surface area contributed by atoms with Crippen molar-refractivity contribution in [3.05, 3.63) is 48.0 Å². The fourth-order valence-electron chi connectivity index (χ4n) is 1.93. The van der Waals surface area contributed by atoms with E-state index >= 15 is 0 Å². The van der Waals surface area contributed by atoms with E-state index in [1.807, 2.05) is 16.7 Å².